The van der Waals surface area contributed by atoms with Gasteiger partial charge in [0.15, 0.2) is 0 Å². The number of hydrogen-bond acceptors (Lipinski definition) is 4. The van der Waals surface area contributed by atoms with Crippen molar-refractivity contribution in [3.63, 3.8) is 0 Å². The van der Waals surface area contributed by atoms with Gasteiger partial charge in [-0.05, 0) is 31.9 Å². The van der Waals surface area contributed by atoms with Gasteiger partial charge >= 0.3 is 0 Å². The smallest absolute Gasteiger partial charge is 0.244 e. The standard InChI is InChI=1S/C14H22N2O3S/c1-11-10-12(8-9-19-11)15-13-6-4-5-7-14(13)20(17,18)16(2)3/h4-7,11-12,15H,8-10H2,1-3H3. The zero-order valence-corrected chi connectivity index (χ0v) is 13.0. The molecule has 0 radical (unpaired) electrons. The summed E-state index contributed by atoms with van der Waals surface area (Å²) >= 11 is 0. The molecule has 5 nitrogen and oxygen atoms in total. The Labute approximate surface area is 121 Å². The molecule has 2 unspecified atom stereocenters. The van der Waals surface area contributed by atoms with Crippen LogP contribution in [0.2, 0.25) is 0 Å². The van der Waals surface area contributed by atoms with Crippen LogP contribution >= 0.6 is 0 Å². The Balaban J connectivity index is 2.25. The quantitative estimate of drug-likeness (QED) is 0.922. The fraction of sp³-hybridized carbons (Fsp3) is 0.571. The largest absolute Gasteiger partial charge is 0.381 e. The second kappa shape index (κ2) is 6.11. The fourth-order valence-electron chi connectivity index (χ4n) is 2.36. The van der Waals surface area contributed by atoms with Gasteiger partial charge in [-0.3, -0.25) is 0 Å². The highest BCUT2D eigenvalue weighted by Crippen LogP contribution is 2.26. The van der Waals surface area contributed by atoms with E-state index < -0.39 is 10.0 Å². The number of ether oxygens (including phenoxy) is 1. The SMILES string of the molecule is CC1CC(Nc2ccccc2S(=O)(=O)N(C)C)CCO1. The summed E-state index contributed by atoms with van der Waals surface area (Å²) < 4.78 is 31.4. The first-order valence-corrected chi connectivity index (χ1v) is 8.25. The Morgan fingerprint density at radius 1 is 1.30 bits per heavy atom. The molecule has 0 aromatic heterocycles. The number of hydrogen-bond donors (Lipinski definition) is 1. The Morgan fingerprint density at radius 2 is 2.00 bits per heavy atom. The molecular formula is C14H22N2O3S. The van der Waals surface area contributed by atoms with Crippen molar-refractivity contribution >= 4 is 15.7 Å². The maximum Gasteiger partial charge on any atom is 0.244 e. The molecule has 0 bridgehead atoms. The molecule has 2 rings (SSSR count). The predicted molar refractivity (Wildman–Crippen MR) is 79.4 cm³/mol. The molecule has 1 aliphatic heterocycles. The van der Waals surface area contributed by atoms with Gasteiger partial charge in [-0.2, -0.15) is 0 Å². The van der Waals surface area contributed by atoms with Gasteiger partial charge in [0.05, 0.1) is 11.8 Å². The van der Waals surface area contributed by atoms with Crippen LogP contribution in [-0.2, 0) is 14.8 Å². The minimum atomic E-state index is -3.43. The third-order valence-electron chi connectivity index (χ3n) is 3.49. The summed E-state index contributed by atoms with van der Waals surface area (Å²) in [4.78, 5) is 0.323. The maximum atomic E-state index is 12.3. The molecule has 0 aliphatic carbocycles. The predicted octanol–water partition coefficient (Wildman–Crippen LogP) is 1.92. The number of para-hydroxylation sites is 1. The van der Waals surface area contributed by atoms with Crippen LogP contribution < -0.4 is 5.32 Å². The lowest BCUT2D eigenvalue weighted by molar-refractivity contribution is 0.0232. The van der Waals surface area contributed by atoms with Crippen molar-refractivity contribution in [3.05, 3.63) is 24.3 Å². The van der Waals surface area contributed by atoms with E-state index in [0.29, 0.717) is 17.2 Å². The number of benzene rings is 1. The first-order chi connectivity index (χ1) is 9.41. The first kappa shape index (κ1) is 15.3. The van der Waals surface area contributed by atoms with E-state index in [4.69, 9.17) is 4.74 Å². The van der Waals surface area contributed by atoms with E-state index in [0.717, 1.165) is 12.8 Å². The van der Waals surface area contributed by atoms with Crippen LogP contribution in [-0.4, -0.2) is 45.6 Å². The van der Waals surface area contributed by atoms with Gasteiger partial charge < -0.3 is 10.1 Å². The average Bonchev–Trinajstić information content (AvgIpc) is 2.39. The summed E-state index contributed by atoms with van der Waals surface area (Å²) in [7, 11) is -0.344. The van der Waals surface area contributed by atoms with Crippen molar-refractivity contribution in [1.82, 2.24) is 4.31 Å². The van der Waals surface area contributed by atoms with Crippen molar-refractivity contribution in [2.75, 3.05) is 26.0 Å². The summed E-state index contributed by atoms with van der Waals surface area (Å²) in [5, 5.41) is 3.36. The molecule has 1 aromatic carbocycles. The highest BCUT2D eigenvalue weighted by Gasteiger charge is 2.24. The zero-order valence-electron chi connectivity index (χ0n) is 12.2. The lowest BCUT2D eigenvalue weighted by Crippen LogP contribution is -2.33. The number of sulfonamides is 1. The molecule has 1 heterocycles. The van der Waals surface area contributed by atoms with Gasteiger partial charge in [-0.15, -0.1) is 0 Å². The number of rotatable bonds is 4. The van der Waals surface area contributed by atoms with Crippen molar-refractivity contribution < 1.29 is 13.2 Å². The molecule has 1 aromatic rings. The van der Waals surface area contributed by atoms with Crippen LogP contribution in [0.4, 0.5) is 5.69 Å². The molecule has 1 saturated heterocycles. The average molecular weight is 298 g/mol. The molecule has 0 spiro atoms. The Bertz CT molecular complexity index is 557. The van der Waals surface area contributed by atoms with E-state index >= 15 is 0 Å². The van der Waals surface area contributed by atoms with Crippen molar-refractivity contribution in [2.24, 2.45) is 0 Å². The Morgan fingerprint density at radius 3 is 2.65 bits per heavy atom. The van der Waals surface area contributed by atoms with Crippen molar-refractivity contribution in [3.8, 4) is 0 Å². The Kier molecular flexibility index (Phi) is 4.67. The minimum absolute atomic E-state index is 0.207. The molecule has 0 amide bonds. The third kappa shape index (κ3) is 3.31. The summed E-state index contributed by atoms with van der Waals surface area (Å²) in [5.41, 5.74) is 0.667. The van der Waals surface area contributed by atoms with E-state index in [-0.39, 0.29) is 12.1 Å². The summed E-state index contributed by atoms with van der Waals surface area (Å²) in [6.07, 6.45) is 1.98. The molecule has 6 heteroatoms. The van der Waals surface area contributed by atoms with Gasteiger partial charge in [-0.1, -0.05) is 12.1 Å². The molecule has 2 atom stereocenters. The number of nitrogens with one attached hydrogen (secondary N) is 1. The van der Waals surface area contributed by atoms with E-state index in [1.807, 2.05) is 19.1 Å². The molecule has 20 heavy (non-hydrogen) atoms. The monoisotopic (exact) mass is 298 g/mol. The minimum Gasteiger partial charge on any atom is -0.381 e. The molecule has 1 fully saturated rings. The third-order valence-corrected chi connectivity index (χ3v) is 5.36. The van der Waals surface area contributed by atoms with Crippen LogP contribution in [0, 0.1) is 0 Å². The van der Waals surface area contributed by atoms with Gasteiger partial charge in [-0.25, -0.2) is 12.7 Å². The lowest BCUT2D eigenvalue weighted by Gasteiger charge is -2.29. The van der Waals surface area contributed by atoms with Gasteiger partial charge in [0.25, 0.3) is 0 Å². The molecule has 112 valence electrons. The molecular weight excluding hydrogens is 276 g/mol. The van der Waals surface area contributed by atoms with Gasteiger partial charge in [0, 0.05) is 26.7 Å². The van der Waals surface area contributed by atoms with E-state index in [1.54, 1.807) is 26.2 Å². The molecule has 1 N–H and O–H groups in total. The zero-order chi connectivity index (χ0) is 14.8. The van der Waals surface area contributed by atoms with Crippen LogP contribution in [0.25, 0.3) is 0 Å². The van der Waals surface area contributed by atoms with Crippen LogP contribution in [0.5, 0.6) is 0 Å². The second-order valence-corrected chi connectivity index (χ2v) is 7.45. The van der Waals surface area contributed by atoms with Crippen molar-refractivity contribution in [2.45, 2.75) is 36.8 Å². The van der Waals surface area contributed by atoms with E-state index in [2.05, 4.69) is 5.32 Å². The highest BCUT2D eigenvalue weighted by atomic mass is 32.2. The van der Waals surface area contributed by atoms with Gasteiger partial charge in [0.2, 0.25) is 10.0 Å². The second-order valence-electron chi connectivity index (χ2n) is 5.33. The fourth-order valence-corrected chi connectivity index (χ4v) is 3.41. The normalized spacial score (nSPS) is 23.8. The topological polar surface area (TPSA) is 58.6 Å². The van der Waals surface area contributed by atoms with E-state index in [1.165, 1.54) is 4.31 Å². The number of anilines is 1. The highest BCUT2D eigenvalue weighted by molar-refractivity contribution is 7.89. The maximum absolute atomic E-state index is 12.3. The van der Waals surface area contributed by atoms with Crippen LogP contribution in [0.15, 0.2) is 29.2 Å². The Hall–Kier alpha value is -1.11. The first-order valence-electron chi connectivity index (χ1n) is 6.81. The summed E-state index contributed by atoms with van der Waals surface area (Å²) in [6, 6.07) is 7.29. The van der Waals surface area contributed by atoms with Crippen LogP contribution in [0.1, 0.15) is 19.8 Å². The molecule has 1 aliphatic rings. The van der Waals surface area contributed by atoms with E-state index in [9.17, 15) is 8.42 Å². The lowest BCUT2D eigenvalue weighted by atomic mass is 10.0. The van der Waals surface area contributed by atoms with Gasteiger partial charge in [0.1, 0.15) is 4.90 Å². The summed E-state index contributed by atoms with van der Waals surface area (Å²) in [5.74, 6) is 0. The molecule has 0 saturated carbocycles. The summed E-state index contributed by atoms with van der Waals surface area (Å²) in [6.45, 7) is 2.75. The number of nitrogens with zero attached hydrogens (tertiary/aromatic N) is 1. The van der Waals surface area contributed by atoms with Crippen LogP contribution in [0.3, 0.4) is 0 Å². The van der Waals surface area contributed by atoms with Crippen molar-refractivity contribution in [1.29, 1.82) is 0 Å².